The first kappa shape index (κ1) is 11.5. The molecule has 0 aliphatic rings. The number of aromatic nitrogens is 2. The number of benzene rings is 1. The van der Waals surface area contributed by atoms with Gasteiger partial charge in [-0.05, 0) is 17.7 Å². The van der Waals surface area contributed by atoms with Crippen molar-refractivity contribution in [1.82, 2.24) is 9.97 Å². The summed E-state index contributed by atoms with van der Waals surface area (Å²) in [6.45, 7) is 0. The number of nitrogens with zero attached hydrogens (tertiary/aromatic N) is 2. The highest BCUT2D eigenvalue weighted by Gasteiger charge is 2.17. The van der Waals surface area contributed by atoms with Crippen molar-refractivity contribution in [2.45, 2.75) is 6.10 Å². The molecule has 88 valence electrons. The van der Waals surface area contributed by atoms with E-state index in [0.717, 1.165) is 12.1 Å². The van der Waals surface area contributed by atoms with Crippen LogP contribution in [-0.4, -0.2) is 15.1 Å². The van der Waals surface area contributed by atoms with Gasteiger partial charge in [0.25, 0.3) is 0 Å². The second-order valence-electron chi connectivity index (χ2n) is 3.37. The smallest absolute Gasteiger partial charge is 0.194 e. The van der Waals surface area contributed by atoms with E-state index in [2.05, 4.69) is 9.97 Å². The van der Waals surface area contributed by atoms with E-state index in [-0.39, 0.29) is 11.1 Å². The predicted octanol–water partition coefficient (Wildman–Crippen LogP) is 1.98. The zero-order valence-corrected chi connectivity index (χ0v) is 8.44. The molecule has 0 radical (unpaired) electrons. The topological polar surface area (TPSA) is 46.0 Å². The molecular weight excluding hydrogens is 233 g/mol. The van der Waals surface area contributed by atoms with Gasteiger partial charge in [-0.2, -0.15) is 0 Å². The number of aliphatic hydroxyl groups excluding tert-OH is 1. The summed E-state index contributed by atoms with van der Waals surface area (Å²) < 4.78 is 38.6. The number of hydrogen-bond donors (Lipinski definition) is 1. The molecule has 0 saturated carbocycles. The zero-order valence-electron chi connectivity index (χ0n) is 8.44. The van der Waals surface area contributed by atoms with Crippen molar-refractivity contribution in [2.75, 3.05) is 0 Å². The summed E-state index contributed by atoms with van der Waals surface area (Å²) in [5, 5.41) is 9.80. The van der Waals surface area contributed by atoms with Gasteiger partial charge in [0.05, 0.1) is 0 Å². The Labute approximate surface area is 94.6 Å². The van der Waals surface area contributed by atoms with Crippen molar-refractivity contribution in [3.05, 3.63) is 59.4 Å². The summed E-state index contributed by atoms with van der Waals surface area (Å²) in [5.74, 6) is -4.27. The van der Waals surface area contributed by atoms with E-state index in [9.17, 15) is 18.3 Å². The summed E-state index contributed by atoms with van der Waals surface area (Å²) in [6.07, 6.45) is 2.55. The van der Waals surface area contributed by atoms with Crippen LogP contribution in [0.3, 0.4) is 0 Å². The SMILES string of the molecule is OC(c1cncnc1)c1cc(F)c(F)c(F)c1. The van der Waals surface area contributed by atoms with Crippen molar-refractivity contribution in [3.8, 4) is 0 Å². The zero-order chi connectivity index (χ0) is 12.4. The van der Waals surface area contributed by atoms with Crippen LogP contribution in [0.15, 0.2) is 30.9 Å². The van der Waals surface area contributed by atoms with E-state index in [4.69, 9.17) is 0 Å². The Balaban J connectivity index is 2.41. The monoisotopic (exact) mass is 240 g/mol. The van der Waals surface area contributed by atoms with Gasteiger partial charge < -0.3 is 5.11 Å². The van der Waals surface area contributed by atoms with Gasteiger partial charge in [-0.25, -0.2) is 23.1 Å². The summed E-state index contributed by atoms with van der Waals surface area (Å²) >= 11 is 0. The molecule has 0 bridgehead atoms. The highest BCUT2D eigenvalue weighted by atomic mass is 19.2. The first-order valence-electron chi connectivity index (χ1n) is 4.67. The molecule has 0 spiro atoms. The Kier molecular flexibility index (Phi) is 3.06. The second-order valence-corrected chi connectivity index (χ2v) is 3.37. The molecule has 0 fully saturated rings. The third-order valence-electron chi connectivity index (χ3n) is 2.22. The first-order chi connectivity index (χ1) is 8.09. The van der Waals surface area contributed by atoms with Crippen LogP contribution in [0.4, 0.5) is 13.2 Å². The van der Waals surface area contributed by atoms with Crippen molar-refractivity contribution in [1.29, 1.82) is 0 Å². The van der Waals surface area contributed by atoms with Crippen LogP contribution in [0.25, 0.3) is 0 Å². The fourth-order valence-corrected chi connectivity index (χ4v) is 1.38. The Bertz CT molecular complexity index is 510. The molecule has 0 amide bonds. The Morgan fingerprint density at radius 3 is 2.00 bits per heavy atom. The standard InChI is InChI=1S/C11H7F3N2O/c12-8-1-6(2-9(13)10(8)14)11(17)7-3-15-5-16-4-7/h1-5,11,17H. The Hall–Kier alpha value is -1.95. The lowest BCUT2D eigenvalue weighted by Crippen LogP contribution is -2.03. The molecule has 1 heterocycles. The lowest BCUT2D eigenvalue weighted by atomic mass is 10.0. The summed E-state index contributed by atoms with van der Waals surface area (Å²) in [6, 6.07) is 1.46. The van der Waals surface area contributed by atoms with Gasteiger partial charge in [0.1, 0.15) is 12.4 Å². The maximum absolute atomic E-state index is 13.0. The highest BCUT2D eigenvalue weighted by Crippen LogP contribution is 2.23. The molecule has 3 nitrogen and oxygen atoms in total. The highest BCUT2D eigenvalue weighted by molar-refractivity contribution is 5.28. The number of rotatable bonds is 2. The number of hydrogen-bond acceptors (Lipinski definition) is 3. The van der Waals surface area contributed by atoms with E-state index >= 15 is 0 Å². The normalized spacial score (nSPS) is 12.5. The van der Waals surface area contributed by atoms with E-state index in [1.807, 2.05) is 0 Å². The maximum Gasteiger partial charge on any atom is 0.194 e. The minimum Gasteiger partial charge on any atom is -0.384 e. The van der Waals surface area contributed by atoms with Gasteiger partial charge in [0.15, 0.2) is 17.5 Å². The molecule has 0 saturated heterocycles. The van der Waals surface area contributed by atoms with Gasteiger partial charge in [-0.15, -0.1) is 0 Å². The first-order valence-corrected chi connectivity index (χ1v) is 4.67. The van der Waals surface area contributed by atoms with E-state index in [1.165, 1.54) is 18.7 Å². The molecular formula is C11H7F3N2O. The van der Waals surface area contributed by atoms with Gasteiger partial charge in [-0.1, -0.05) is 0 Å². The number of aliphatic hydroxyl groups is 1. The molecule has 1 unspecified atom stereocenters. The Morgan fingerprint density at radius 1 is 0.941 bits per heavy atom. The molecule has 0 aliphatic carbocycles. The number of halogens is 3. The van der Waals surface area contributed by atoms with Crippen molar-refractivity contribution in [3.63, 3.8) is 0 Å². The molecule has 6 heteroatoms. The van der Waals surface area contributed by atoms with Crippen LogP contribution in [0, 0.1) is 17.5 Å². The molecule has 2 rings (SSSR count). The molecule has 17 heavy (non-hydrogen) atoms. The lowest BCUT2D eigenvalue weighted by Gasteiger charge is -2.10. The third-order valence-corrected chi connectivity index (χ3v) is 2.22. The van der Waals surface area contributed by atoms with Gasteiger partial charge in [0.2, 0.25) is 0 Å². The van der Waals surface area contributed by atoms with Crippen molar-refractivity contribution >= 4 is 0 Å². The van der Waals surface area contributed by atoms with Crippen LogP contribution in [0.1, 0.15) is 17.2 Å². The van der Waals surface area contributed by atoms with Crippen LogP contribution < -0.4 is 0 Å². The van der Waals surface area contributed by atoms with Gasteiger partial charge >= 0.3 is 0 Å². The summed E-state index contributed by atoms with van der Waals surface area (Å²) in [4.78, 5) is 7.32. The van der Waals surface area contributed by atoms with E-state index in [1.54, 1.807) is 0 Å². The lowest BCUT2D eigenvalue weighted by molar-refractivity contribution is 0.217. The molecule has 2 aromatic rings. The molecule has 0 aliphatic heterocycles. The van der Waals surface area contributed by atoms with E-state index in [0.29, 0.717) is 0 Å². The average molecular weight is 240 g/mol. The van der Waals surface area contributed by atoms with E-state index < -0.39 is 23.6 Å². The molecule has 1 aromatic carbocycles. The van der Waals surface area contributed by atoms with Gasteiger partial charge in [-0.3, -0.25) is 0 Å². The Morgan fingerprint density at radius 2 is 1.47 bits per heavy atom. The summed E-state index contributed by atoms with van der Waals surface area (Å²) in [5.41, 5.74) is 0.161. The molecule has 1 aromatic heterocycles. The predicted molar refractivity (Wildman–Crippen MR) is 52.4 cm³/mol. The third kappa shape index (κ3) is 2.26. The molecule has 1 atom stereocenters. The fourth-order valence-electron chi connectivity index (χ4n) is 1.38. The minimum atomic E-state index is -1.56. The van der Waals surface area contributed by atoms with Crippen molar-refractivity contribution in [2.24, 2.45) is 0 Å². The van der Waals surface area contributed by atoms with Gasteiger partial charge in [0, 0.05) is 18.0 Å². The van der Waals surface area contributed by atoms with Crippen LogP contribution in [0.2, 0.25) is 0 Å². The fraction of sp³-hybridized carbons (Fsp3) is 0.0909. The second kappa shape index (κ2) is 4.50. The van der Waals surface area contributed by atoms with Crippen LogP contribution in [0.5, 0.6) is 0 Å². The minimum absolute atomic E-state index is 0.101. The van der Waals surface area contributed by atoms with Crippen molar-refractivity contribution < 1.29 is 18.3 Å². The molecule has 1 N–H and O–H groups in total. The summed E-state index contributed by atoms with van der Waals surface area (Å²) in [7, 11) is 0. The van der Waals surface area contributed by atoms with Crippen LogP contribution in [-0.2, 0) is 0 Å². The average Bonchev–Trinajstić information content (AvgIpc) is 2.35. The largest absolute Gasteiger partial charge is 0.384 e. The maximum atomic E-state index is 13.0. The van der Waals surface area contributed by atoms with Crippen LogP contribution >= 0.6 is 0 Å². The quantitative estimate of drug-likeness (QED) is 0.816.